The first-order valence-corrected chi connectivity index (χ1v) is 13.7. The van der Waals surface area contributed by atoms with E-state index in [1.807, 2.05) is 38.2 Å². The minimum Gasteiger partial charge on any atom is -0.472 e. The molecule has 0 aliphatic carbocycles. The Balaban J connectivity index is 1.20. The minimum atomic E-state index is -0.201. The molecule has 0 atom stereocenters. The Hall–Kier alpha value is -4.54. The molecule has 1 aliphatic heterocycles. The van der Waals surface area contributed by atoms with Crippen molar-refractivity contribution in [2.45, 2.75) is 20.4 Å². The van der Waals surface area contributed by atoms with Crippen LogP contribution >= 0.6 is 0 Å². The number of rotatable bonds is 7. The number of likely N-dealkylation sites (N-methyl/N-ethyl adjacent to an activating group) is 1. The van der Waals surface area contributed by atoms with Gasteiger partial charge in [0.05, 0.1) is 11.8 Å². The van der Waals surface area contributed by atoms with E-state index in [-0.39, 0.29) is 5.91 Å². The largest absolute Gasteiger partial charge is 0.472 e. The summed E-state index contributed by atoms with van der Waals surface area (Å²) in [7, 11) is 3.98. The molecule has 2 aromatic carbocycles. The number of aromatic nitrogens is 4. The van der Waals surface area contributed by atoms with Crippen molar-refractivity contribution in [2.24, 2.45) is 7.05 Å². The fraction of sp³-hybridized carbons (Fsp3) is 0.290. The smallest absolute Gasteiger partial charge is 0.256 e. The Morgan fingerprint density at radius 2 is 1.83 bits per heavy atom. The summed E-state index contributed by atoms with van der Waals surface area (Å²) in [5.74, 6) is 1.08. The van der Waals surface area contributed by atoms with E-state index in [1.165, 1.54) is 5.56 Å². The van der Waals surface area contributed by atoms with Crippen LogP contribution in [-0.2, 0) is 13.6 Å². The van der Waals surface area contributed by atoms with Crippen molar-refractivity contribution in [3.8, 4) is 23.0 Å². The van der Waals surface area contributed by atoms with E-state index >= 15 is 0 Å². The highest BCUT2D eigenvalue weighted by atomic mass is 16.5. The summed E-state index contributed by atoms with van der Waals surface area (Å²) in [5, 5.41) is 8.16. The zero-order valence-electron chi connectivity index (χ0n) is 23.7. The van der Waals surface area contributed by atoms with Gasteiger partial charge in [-0.05, 0) is 67.9 Å². The van der Waals surface area contributed by atoms with E-state index in [2.05, 4.69) is 50.2 Å². The van der Waals surface area contributed by atoms with Crippen LogP contribution in [0.3, 0.4) is 0 Å². The van der Waals surface area contributed by atoms with E-state index < -0.39 is 0 Å². The predicted molar refractivity (Wildman–Crippen MR) is 157 cm³/mol. The van der Waals surface area contributed by atoms with Crippen molar-refractivity contribution in [1.82, 2.24) is 29.5 Å². The molecular weight excluding hydrogens is 518 g/mol. The van der Waals surface area contributed by atoms with Gasteiger partial charge in [-0.15, -0.1) is 0 Å². The molecule has 5 aromatic rings. The van der Waals surface area contributed by atoms with E-state index in [4.69, 9.17) is 9.15 Å². The molecule has 1 fully saturated rings. The summed E-state index contributed by atoms with van der Waals surface area (Å²) in [5.41, 5.74) is 5.79. The Bertz CT molecular complexity index is 1700. The maximum Gasteiger partial charge on any atom is 0.256 e. The molecule has 0 unspecified atom stereocenters. The number of ether oxygens (including phenoxy) is 1. The lowest BCUT2D eigenvalue weighted by Gasteiger charge is -2.32. The van der Waals surface area contributed by atoms with Crippen molar-refractivity contribution in [1.29, 1.82) is 0 Å². The number of carbonyl (C=O) groups excluding carboxylic acids is 1. The summed E-state index contributed by atoms with van der Waals surface area (Å²) >= 11 is 0. The van der Waals surface area contributed by atoms with Gasteiger partial charge in [-0.1, -0.05) is 12.1 Å². The number of carbonyl (C=O) groups is 1. The van der Waals surface area contributed by atoms with Crippen LogP contribution in [0.4, 0.5) is 5.69 Å². The van der Waals surface area contributed by atoms with Gasteiger partial charge in [0, 0.05) is 57.2 Å². The Labute approximate surface area is 238 Å². The second-order valence-corrected chi connectivity index (χ2v) is 10.7. The average Bonchev–Trinajstić information content (AvgIpc) is 3.62. The number of anilines is 1. The van der Waals surface area contributed by atoms with E-state index in [9.17, 15) is 4.79 Å². The predicted octanol–water partition coefficient (Wildman–Crippen LogP) is 5.03. The third-order valence-corrected chi connectivity index (χ3v) is 7.50. The molecular formula is C31H33N7O3. The number of hydrogen-bond donors (Lipinski definition) is 1. The molecule has 0 spiro atoms. The van der Waals surface area contributed by atoms with Gasteiger partial charge < -0.3 is 19.4 Å². The van der Waals surface area contributed by atoms with E-state index in [0.717, 1.165) is 55.1 Å². The Morgan fingerprint density at radius 3 is 2.59 bits per heavy atom. The van der Waals surface area contributed by atoms with Gasteiger partial charge in [-0.25, -0.2) is 4.98 Å². The van der Waals surface area contributed by atoms with Gasteiger partial charge in [-0.3, -0.25) is 14.4 Å². The van der Waals surface area contributed by atoms with Crippen LogP contribution in [0.2, 0.25) is 0 Å². The maximum atomic E-state index is 13.4. The number of fused-ring (bicyclic) bond motifs is 1. The van der Waals surface area contributed by atoms with Crippen LogP contribution in [0.5, 0.6) is 11.6 Å². The number of nitrogens with zero attached hydrogens (tertiary/aromatic N) is 6. The fourth-order valence-corrected chi connectivity index (χ4v) is 5.01. The summed E-state index contributed by atoms with van der Waals surface area (Å²) in [4.78, 5) is 27.4. The molecule has 0 radical (unpaired) electrons. The quantitative estimate of drug-likeness (QED) is 0.301. The maximum absolute atomic E-state index is 13.4. The lowest BCUT2D eigenvalue weighted by atomic mass is 10.1. The Kier molecular flexibility index (Phi) is 7.25. The molecule has 10 heteroatoms. The molecule has 6 rings (SSSR count). The molecule has 4 heterocycles. The molecule has 3 aromatic heterocycles. The molecule has 1 amide bonds. The highest BCUT2D eigenvalue weighted by Gasteiger charge is 2.18. The topological polar surface area (TPSA) is 102 Å². The first kappa shape index (κ1) is 26.7. The highest BCUT2D eigenvalue weighted by molar-refractivity contribution is 6.05. The summed E-state index contributed by atoms with van der Waals surface area (Å²) < 4.78 is 13.1. The van der Waals surface area contributed by atoms with Crippen LogP contribution in [0.1, 0.15) is 27.0 Å². The third-order valence-electron chi connectivity index (χ3n) is 7.50. The first-order chi connectivity index (χ1) is 19.8. The van der Waals surface area contributed by atoms with Crippen molar-refractivity contribution in [3.63, 3.8) is 0 Å². The lowest BCUT2D eigenvalue weighted by Crippen LogP contribution is -2.43. The molecule has 0 bridgehead atoms. The molecule has 10 nitrogen and oxygen atoms in total. The first-order valence-electron chi connectivity index (χ1n) is 13.7. The number of aryl methyl sites for hydroxylation is 3. The third kappa shape index (κ3) is 5.84. The van der Waals surface area contributed by atoms with Gasteiger partial charge in [-0.2, -0.15) is 10.1 Å². The van der Waals surface area contributed by atoms with Crippen molar-refractivity contribution in [3.05, 3.63) is 83.4 Å². The van der Waals surface area contributed by atoms with Gasteiger partial charge in [0.15, 0.2) is 11.5 Å². The van der Waals surface area contributed by atoms with Crippen LogP contribution in [-0.4, -0.2) is 68.7 Å². The number of furan rings is 1. The summed E-state index contributed by atoms with van der Waals surface area (Å²) in [6.07, 6.45) is 4.94. The zero-order chi connectivity index (χ0) is 28.5. The zero-order valence-corrected chi connectivity index (χ0v) is 23.7. The van der Waals surface area contributed by atoms with Crippen LogP contribution in [0, 0.1) is 13.8 Å². The number of nitrogens with one attached hydrogen (secondary N) is 1. The fourth-order valence-electron chi connectivity index (χ4n) is 5.01. The van der Waals surface area contributed by atoms with E-state index in [1.54, 1.807) is 35.5 Å². The SMILES string of the molecule is Cc1cc(NC(=O)c2cc(Oc3nc(-c4ccoc4)nc4nn(C)cc34)ccc2C)ccc1CN1CCN(C)CC1. The lowest BCUT2D eigenvalue weighted by molar-refractivity contribution is 0.102. The second-order valence-electron chi connectivity index (χ2n) is 10.7. The van der Waals surface area contributed by atoms with Gasteiger partial charge in [0.25, 0.3) is 5.91 Å². The number of piperazine rings is 1. The molecule has 1 saturated heterocycles. The molecule has 0 saturated carbocycles. The Morgan fingerprint density at radius 1 is 1.00 bits per heavy atom. The van der Waals surface area contributed by atoms with Gasteiger partial charge in [0.2, 0.25) is 5.88 Å². The number of amides is 1. The van der Waals surface area contributed by atoms with Crippen LogP contribution in [0.15, 0.2) is 65.6 Å². The minimum absolute atomic E-state index is 0.201. The van der Waals surface area contributed by atoms with Crippen molar-refractivity contribution < 1.29 is 13.9 Å². The summed E-state index contributed by atoms with van der Waals surface area (Å²) in [6, 6.07) is 13.3. The van der Waals surface area contributed by atoms with Crippen molar-refractivity contribution in [2.75, 3.05) is 38.5 Å². The highest BCUT2D eigenvalue weighted by Crippen LogP contribution is 2.31. The van der Waals surface area contributed by atoms with E-state index in [0.29, 0.717) is 34.1 Å². The van der Waals surface area contributed by atoms with Crippen molar-refractivity contribution >= 4 is 22.6 Å². The van der Waals surface area contributed by atoms with Crippen LogP contribution < -0.4 is 10.1 Å². The normalized spacial score (nSPS) is 14.4. The van der Waals surface area contributed by atoms with Crippen LogP contribution in [0.25, 0.3) is 22.4 Å². The molecule has 1 aliphatic rings. The molecule has 1 N–H and O–H groups in total. The number of hydrogen-bond acceptors (Lipinski definition) is 8. The standard InChI is InChI=1S/C31H33N7O3/c1-20-5-8-25(41-31-27-18-37(4)35-29(27)33-28(34-31)23-9-14-40-19-23)16-26(20)30(39)32-24-7-6-22(21(2)15-24)17-38-12-10-36(3)11-13-38/h5-9,14-16,18-19H,10-13,17H2,1-4H3,(H,32,39). The average molecular weight is 552 g/mol. The molecule has 41 heavy (non-hydrogen) atoms. The van der Waals surface area contributed by atoms with Gasteiger partial charge >= 0.3 is 0 Å². The summed E-state index contributed by atoms with van der Waals surface area (Å²) in [6.45, 7) is 9.23. The second kappa shape index (κ2) is 11.1. The van der Waals surface area contributed by atoms with Gasteiger partial charge in [0.1, 0.15) is 17.4 Å². The number of benzene rings is 2. The molecule has 210 valence electrons. The monoisotopic (exact) mass is 551 g/mol.